The number of carbonyl (C=O) groups is 2. The zero-order chi connectivity index (χ0) is 21.1. The number of benzene rings is 1. The van der Waals surface area contributed by atoms with E-state index >= 15 is 0 Å². The third-order valence-electron chi connectivity index (χ3n) is 5.88. The zero-order valence-electron chi connectivity index (χ0n) is 16.7. The molecule has 0 atom stereocenters. The van der Waals surface area contributed by atoms with Gasteiger partial charge in [0.2, 0.25) is 0 Å². The van der Waals surface area contributed by atoms with Gasteiger partial charge in [0.15, 0.2) is 0 Å². The molecule has 0 radical (unpaired) electrons. The average Bonchev–Trinajstić information content (AvgIpc) is 3.02. The van der Waals surface area contributed by atoms with Gasteiger partial charge in [-0.05, 0) is 48.2 Å². The lowest BCUT2D eigenvalue weighted by atomic mass is 9.89. The molecule has 1 aliphatic carbocycles. The Morgan fingerprint density at radius 1 is 1.17 bits per heavy atom. The van der Waals surface area contributed by atoms with Crippen LogP contribution in [0.5, 0.6) is 0 Å². The second-order valence-corrected chi connectivity index (χ2v) is 8.89. The van der Waals surface area contributed by atoms with Gasteiger partial charge in [-0.1, -0.05) is 25.3 Å². The highest BCUT2D eigenvalue weighted by atomic mass is 32.2. The standard InChI is InChI=1S/C21H25N3O5S/c25-20-19(30-21(26)23(20)14-15-4-2-1-3-5-15)13-16-6-7-17(18(12-16)24(27)28)22-8-10-29-11-9-22/h6-7,12-13,15H,1-5,8-11,14H2/b19-13+. The largest absolute Gasteiger partial charge is 0.378 e. The highest BCUT2D eigenvalue weighted by Gasteiger charge is 2.36. The van der Waals surface area contributed by atoms with Crippen LogP contribution >= 0.6 is 11.8 Å². The maximum atomic E-state index is 12.8. The Hall–Kier alpha value is -2.39. The molecule has 1 saturated carbocycles. The van der Waals surface area contributed by atoms with Crippen molar-refractivity contribution >= 4 is 40.4 Å². The van der Waals surface area contributed by atoms with E-state index in [9.17, 15) is 19.7 Å². The normalized spacial score (nSPS) is 22.2. The lowest BCUT2D eigenvalue weighted by Crippen LogP contribution is -2.36. The quantitative estimate of drug-likeness (QED) is 0.394. The summed E-state index contributed by atoms with van der Waals surface area (Å²) in [6.07, 6.45) is 7.21. The fourth-order valence-electron chi connectivity index (χ4n) is 4.28. The number of morpholine rings is 1. The highest BCUT2D eigenvalue weighted by Crippen LogP contribution is 2.36. The van der Waals surface area contributed by atoms with Crippen LogP contribution in [0, 0.1) is 16.0 Å². The van der Waals surface area contributed by atoms with Gasteiger partial charge in [-0.15, -0.1) is 0 Å². The molecule has 0 spiro atoms. The smallest absolute Gasteiger partial charge is 0.293 e. The number of ether oxygens (including phenoxy) is 1. The van der Waals surface area contributed by atoms with Crippen molar-refractivity contribution in [3.8, 4) is 0 Å². The number of anilines is 1. The minimum atomic E-state index is -0.406. The molecule has 2 heterocycles. The van der Waals surface area contributed by atoms with E-state index < -0.39 is 4.92 Å². The van der Waals surface area contributed by atoms with Gasteiger partial charge in [0.05, 0.1) is 23.0 Å². The maximum absolute atomic E-state index is 12.8. The Morgan fingerprint density at radius 3 is 2.60 bits per heavy atom. The molecule has 0 aromatic heterocycles. The molecule has 0 bridgehead atoms. The predicted molar refractivity (Wildman–Crippen MR) is 115 cm³/mol. The van der Waals surface area contributed by atoms with Crippen molar-refractivity contribution in [2.75, 3.05) is 37.7 Å². The molecule has 160 valence electrons. The Labute approximate surface area is 179 Å². The van der Waals surface area contributed by atoms with Crippen LogP contribution in [0.2, 0.25) is 0 Å². The summed E-state index contributed by atoms with van der Waals surface area (Å²) in [6.45, 7) is 2.73. The van der Waals surface area contributed by atoms with E-state index in [0.29, 0.717) is 54.9 Å². The lowest BCUT2D eigenvalue weighted by molar-refractivity contribution is -0.384. The van der Waals surface area contributed by atoms with Crippen molar-refractivity contribution < 1.29 is 19.2 Å². The van der Waals surface area contributed by atoms with Gasteiger partial charge in [-0.2, -0.15) is 0 Å². The number of hydrogen-bond acceptors (Lipinski definition) is 7. The summed E-state index contributed by atoms with van der Waals surface area (Å²) in [7, 11) is 0. The zero-order valence-corrected chi connectivity index (χ0v) is 17.6. The topological polar surface area (TPSA) is 93.0 Å². The van der Waals surface area contributed by atoms with Gasteiger partial charge >= 0.3 is 0 Å². The first-order valence-electron chi connectivity index (χ1n) is 10.4. The summed E-state index contributed by atoms with van der Waals surface area (Å²) in [5, 5.41) is 11.4. The van der Waals surface area contributed by atoms with E-state index in [4.69, 9.17) is 4.74 Å². The second kappa shape index (κ2) is 9.18. The van der Waals surface area contributed by atoms with Crippen LogP contribution in [0.25, 0.3) is 6.08 Å². The summed E-state index contributed by atoms with van der Waals surface area (Å²) >= 11 is 0.913. The number of nitrogens with zero attached hydrogens (tertiary/aromatic N) is 3. The first kappa shape index (κ1) is 20.9. The number of amides is 2. The summed E-state index contributed by atoms with van der Waals surface area (Å²) in [4.78, 5) is 40.0. The van der Waals surface area contributed by atoms with Gasteiger partial charge in [0, 0.05) is 25.7 Å². The first-order valence-corrected chi connectivity index (χ1v) is 11.2. The van der Waals surface area contributed by atoms with E-state index in [0.717, 1.165) is 37.4 Å². The van der Waals surface area contributed by atoms with Crippen molar-refractivity contribution in [3.63, 3.8) is 0 Å². The third-order valence-corrected chi connectivity index (χ3v) is 6.79. The minimum Gasteiger partial charge on any atom is -0.378 e. The summed E-state index contributed by atoms with van der Waals surface area (Å²) in [6, 6.07) is 4.94. The molecule has 1 aromatic carbocycles. The van der Waals surface area contributed by atoms with Crippen molar-refractivity contribution in [3.05, 3.63) is 38.8 Å². The molecule has 2 saturated heterocycles. The monoisotopic (exact) mass is 431 g/mol. The fourth-order valence-corrected chi connectivity index (χ4v) is 5.13. The molecule has 1 aromatic rings. The van der Waals surface area contributed by atoms with Crippen LogP contribution in [0.15, 0.2) is 23.1 Å². The molecule has 0 N–H and O–H groups in total. The SMILES string of the molecule is O=C1S/C(=C/c2ccc(N3CCOCC3)c([N+](=O)[O-])c2)C(=O)N1CC1CCCCC1. The van der Waals surface area contributed by atoms with E-state index in [1.807, 2.05) is 4.90 Å². The maximum Gasteiger partial charge on any atom is 0.293 e. The van der Waals surface area contributed by atoms with Crippen LogP contribution in [0.4, 0.5) is 16.2 Å². The van der Waals surface area contributed by atoms with Crippen LogP contribution in [-0.4, -0.2) is 53.8 Å². The molecule has 2 amide bonds. The molecule has 2 aliphatic heterocycles. The van der Waals surface area contributed by atoms with Gasteiger partial charge < -0.3 is 9.64 Å². The van der Waals surface area contributed by atoms with Crippen molar-refractivity contribution in [1.29, 1.82) is 0 Å². The van der Waals surface area contributed by atoms with Crippen molar-refractivity contribution in [2.24, 2.45) is 5.92 Å². The van der Waals surface area contributed by atoms with E-state index in [2.05, 4.69) is 0 Å². The van der Waals surface area contributed by atoms with Gasteiger partial charge in [-0.3, -0.25) is 24.6 Å². The van der Waals surface area contributed by atoms with Crippen LogP contribution in [0.1, 0.15) is 37.7 Å². The molecular formula is C21H25N3O5S. The Bertz CT molecular complexity index is 875. The number of imide groups is 1. The van der Waals surface area contributed by atoms with E-state index in [-0.39, 0.29) is 16.8 Å². The van der Waals surface area contributed by atoms with Crippen molar-refractivity contribution in [1.82, 2.24) is 4.90 Å². The minimum absolute atomic E-state index is 0.00733. The Kier molecular flexibility index (Phi) is 6.38. The fraction of sp³-hybridized carbons (Fsp3) is 0.524. The molecule has 8 nitrogen and oxygen atoms in total. The first-order chi connectivity index (χ1) is 14.5. The molecular weight excluding hydrogens is 406 g/mol. The number of hydrogen-bond donors (Lipinski definition) is 0. The molecule has 3 aliphatic rings. The number of nitro benzene ring substituents is 1. The Balaban J connectivity index is 1.53. The summed E-state index contributed by atoms with van der Waals surface area (Å²) in [5.41, 5.74) is 1.08. The van der Waals surface area contributed by atoms with Gasteiger partial charge in [0.25, 0.3) is 16.8 Å². The third kappa shape index (κ3) is 4.52. The van der Waals surface area contributed by atoms with Crippen LogP contribution in [-0.2, 0) is 9.53 Å². The second-order valence-electron chi connectivity index (χ2n) is 7.90. The number of carbonyl (C=O) groups excluding carboxylic acids is 2. The molecule has 30 heavy (non-hydrogen) atoms. The highest BCUT2D eigenvalue weighted by molar-refractivity contribution is 8.18. The lowest BCUT2D eigenvalue weighted by Gasteiger charge is -2.28. The van der Waals surface area contributed by atoms with E-state index in [1.165, 1.54) is 17.4 Å². The van der Waals surface area contributed by atoms with E-state index in [1.54, 1.807) is 18.2 Å². The summed E-state index contributed by atoms with van der Waals surface area (Å²) in [5.74, 6) is 0.0796. The predicted octanol–water partition coefficient (Wildman–Crippen LogP) is 4.05. The molecule has 3 fully saturated rings. The van der Waals surface area contributed by atoms with Gasteiger partial charge in [-0.25, -0.2) is 0 Å². The average molecular weight is 432 g/mol. The number of nitro groups is 1. The van der Waals surface area contributed by atoms with Gasteiger partial charge in [0.1, 0.15) is 5.69 Å². The Morgan fingerprint density at radius 2 is 1.90 bits per heavy atom. The summed E-state index contributed by atoms with van der Waals surface area (Å²) < 4.78 is 5.32. The number of rotatable bonds is 5. The molecule has 4 rings (SSSR count). The van der Waals surface area contributed by atoms with Crippen LogP contribution in [0.3, 0.4) is 0 Å². The van der Waals surface area contributed by atoms with Crippen molar-refractivity contribution in [2.45, 2.75) is 32.1 Å². The number of thioether (sulfide) groups is 1. The van der Waals surface area contributed by atoms with Crippen LogP contribution < -0.4 is 4.90 Å². The molecule has 0 unspecified atom stereocenters. The molecule has 9 heteroatoms.